The number of hydrogen-bond acceptors (Lipinski definition) is 9. The van der Waals surface area contributed by atoms with Crippen molar-refractivity contribution in [2.45, 2.75) is 25.7 Å². The molecule has 1 saturated heterocycles. The van der Waals surface area contributed by atoms with Crippen LogP contribution in [0.15, 0.2) is 24.4 Å². The molecule has 0 radical (unpaired) electrons. The lowest BCUT2D eigenvalue weighted by molar-refractivity contribution is 0.0358. The number of hydrogen-bond donors (Lipinski definition) is 2. The number of aromatic nitrogens is 2. The van der Waals surface area contributed by atoms with Gasteiger partial charge >= 0.3 is 6.03 Å². The third kappa shape index (κ3) is 7.43. The number of morpholine rings is 1. The molecular weight excluding hydrogens is 452 g/mol. The van der Waals surface area contributed by atoms with Crippen LogP contribution in [0.5, 0.6) is 17.4 Å². The molecule has 1 fully saturated rings. The van der Waals surface area contributed by atoms with Gasteiger partial charge in [0.05, 0.1) is 44.9 Å². The summed E-state index contributed by atoms with van der Waals surface area (Å²) in [6.07, 6.45) is 4.66. The summed E-state index contributed by atoms with van der Waals surface area (Å²) in [6.45, 7) is 5.86. The number of fused-ring (bicyclic) bond motifs is 3. The van der Waals surface area contributed by atoms with Crippen LogP contribution in [0.25, 0.3) is 0 Å². The Balaban J connectivity index is 1.42. The third-order valence-corrected chi connectivity index (χ3v) is 5.56. The molecule has 0 unspecified atom stereocenters. The number of ether oxygens (including phenoxy) is 4. The van der Waals surface area contributed by atoms with Gasteiger partial charge in [-0.05, 0) is 37.8 Å². The average molecular weight is 483 g/mol. The van der Waals surface area contributed by atoms with Crippen LogP contribution >= 0.6 is 0 Å². The van der Waals surface area contributed by atoms with Gasteiger partial charge in [0.1, 0.15) is 17.6 Å². The number of anilines is 2. The van der Waals surface area contributed by atoms with E-state index in [1.807, 2.05) is 12.1 Å². The Morgan fingerprint density at radius 3 is 2.74 bits per heavy atom. The molecule has 1 aromatic heterocycles. The lowest BCUT2D eigenvalue weighted by Gasteiger charge is -2.26. The number of benzene rings is 1. The maximum atomic E-state index is 12.7. The summed E-state index contributed by atoms with van der Waals surface area (Å²) in [5.74, 6) is 1.47. The van der Waals surface area contributed by atoms with Crippen molar-refractivity contribution < 1.29 is 23.7 Å². The van der Waals surface area contributed by atoms with Crippen LogP contribution < -0.4 is 24.8 Å². The van der Waals surface area contributed by atoms with E-state index >= 15 is 0 Å². The number of rotatable bonds is 5. The monoisotopic (exact) mass is 482 g/mol. The number of nitrogens with one attached hydrogen (secondary N) is 2. The van der Waals surface area contributed by atoms with E-state index in [0.29, 0.717) is 37.0 Å². The van der Waals surface area contributed by atoms with Crippen LogP contribution in [0.1, 0.15) is 31.4 Å². The Morgan fingerprint density at radius 1 is 1.09 bits per heavy atom. The van der Waals surface area contributed by atoms with Crippen molar-refractivity contribution in [3.63, 3.8) is 0 Å². The number of nitriles is 1. The van der Waals surface area contributed by atoms with Gasteiger partial charge < -0.3 is 24.3 Å². The highest BCUT2D eigenvalue weighted by molar-refractivity contribution is 6.00. The van der Waals surface area contributed by atoms with Gasteiger partial charge in [-0.1, -0.05) is 0 Å². The van der Waals surface area contributed by atoms with Crippen molar-refractivity contribution in [3.8, 4) is 23.4 Å². The standard InChI is InChI=1S/C24H30N6O5/c25-16-20-23-28-22(17-26-20)29-24(31)27-19-15-18(33-12-4-7-30-8-13-32-14-9-30)5-6-21(19)34-10-2-1-3-11-35-23/h5-6,15,17H,1-4,7-14H2,(H2,27,28,29,31). The molecule has 11 nitrogen and oxygen atoms in total. The fourth-order valence-electron chi connectivity index (χ4n) is 3.74. The molecule has 0 atom stereocenters. The number of carbonyl (C=O) groups excluding carboxylic acids is 1. The third-order valence-electron chi connectivity index (χ3n) is 5.56. The van der Waals surface area contributed by atoms with Crippen LogP contribution in [0.4, 0.5) is 16.3 Å². The highest BCUT2D eigenvalue weighted by Gasteiger charge is 2.15. The minimum absolute atomic E-state index is 0.0735. The maximum absolute atomic E-state index is 12.7. The molecule has 2 aliphatic heterocycles. The Morgan fingerprint density at radius 2 is 1.91 bits per heavy atom. The average Bonchev–Trinajstić information content (AvgIpc) is 2.87. The minimum Gasteiger partial charge on any atom is -0.493 e. The van der Waals surface area contributed by atoms with E-state index in [4.69, 9.17) is 18.9 Å². The zero-order valence-electron chi connectivity index (χ0n) is 19.6. The largest absolute Gasteiger partial charge is 0.493 e. The minimum atomic E-state index is -0.529. The van der Waals surface area contributed by atoms with E-state index in [2.05, 4.69) is 25.5 Å². The summed E-state index contributed by atoms with van der Waals surface area (Å²) >= 11 is 0. The van der Waals surface area contributed by atoms with Gasteiger partial charge in [0.2, 0.25) is 5.69 Å². The fourth-order valence-corrected chi connectivity index (χ4v) is 3.74. The smallest absolute Gasteiger partial charge is 0.325 e. The summed E-state index contributed by atoms with van der Waals surface area (Å²) in [7, 11) is 0. The molecule has 4 rings (SSSR count). The molecule has 2 amide bonds. The predicted octanol–water partition coefficient (Wildman–Crippen LogP) is 3.03. The first-order chi connectivity index (χ1) is 17.2. The molecule has 0 saturated carbocycles. The number of carbonyl (C=O) groups is 1. The SMILES string of the molecule is N#Cc1ncc2nc1OCCCCCOc1ccc(OCCCN3CCOCC3)cc1NC(=O)N2. The van der Waals surface area contributed by atoms with Gasteiger partial charge in [-0.15, -0.1) is 0 Å². The summed E-state index contributed by atoms with van der Waals surface area (Å²) < 4.78 is 22.8. The topological polar surface area (TPSA) is 131 Å². The second-order valence-corrected chi connectivity index (χ2v) is 8.17. The molecule has 2 N–H and O–H groups in total. The van der Waals surface area contributed by atoms with Gasteiger partial charge in [0, 0.05) is 25.7 Å². The van der Waals surface area contributed by atoms with Crippen LogP contribution in [-0.4, -0.2) is 73.6 Å². The van der Waals surface area contributed by atoms with E-state index < -0.39 is 6.03 Å². The van der Waals surface area contributed by atoms with Crippen molar-refractivity contribution >= 4 is 17.5 Å². The van der Waals surface area contributed by atoms with Crippen LogP contribution in [0.2, 0.25) is 0 Å². The molecule has 1 aromatic carbocycles. The Hall–Kier alpha value is -3.62. The molecule has 186 valence electrons. The molecule has 0 spiro atoms. The summed E-state index contributed by atoms with van der Waals surface area (Å²) in [5, 5.41) is 14.7. The quantitative estimate of drug-likeness (QED) is 0.617. The first-order valence-corrected chi connectivity index (χ1v) is 11.9. The molecular formula is C24H30N6O5. The van der Waals surface area contributed by atoms with E-state index in [1.165, 1.54) is 6.20 Å². The summed E-state index contributed by atoms with van der Waals surface area (Å²) in [5.41, 5.74) is 0.561. The second-order valence-electron chi connectivity index (χ2n) is 8.17. The zero-order valence-corrected chi connectivity index (χ0v) is 19.6. The van der Waals surface area contributed by atoms with E-state index in [0.717, 1.165) is 58.5 Å². The normalized spacial score (nSPS) is 17.2. The molecule has 3 heterocycles. The van der Waals surface area contributed by atoms with Crippen molar-refractivity contribution in [1.82, 2.24) is 14.9 Å². The first kappa shape index (κ1) is 24.5. The number of nitrogens with zero attached hydrogens (tertiary/aromatic N) is 4. The van der Waals surface area contributed by atoms with Crippen LogP contribution in [0, 0.1) is 11.3 Å². The van der Waals surface area contributed by atoms with Crippen LogP contribution in [0.3, 0.4) is 0 Å². The van der Waals surface area contributed by atoms with E-state index in [-0.39, 0.29) is 17.4 Å². The molecule has 35 heavy (non-hydrogen) atoms. The van der Waals surface area contributed by atoms with Gasteiger partial charge in [-0.25, -0.2) is 9.78 Å². The van der Waals surface area contributed by atoms with E-state index in [1.54, 1.807) is 12.1 Å². The number of urea groups is 1. The Bertz CT molecular complexity index is 1040. The molecule has 0 aliphatic carbocycles. The summed E-state index contributed by atoms with van der Waals surface area (Å²) in [6, 6.07) is 6.82. The highest BCUT2D eigenvalue weighted by Crippen LogP contribution is 2.30. The molecule has 2 aromatic rings. The van der Waals surface area contributed by atoms with Crippen LogP contribution in [-0.2, 0) is 4.74 Å². The fraction of sp³-hybridized carbons (Fsp3) is 0.500. The zero-order chi connectivity index (χ0) is 24.3. The molecule has 2 aliphatic rings. The maximum Gasteiger partial charge on any atom is 0.325 e. The highest BCUT2D eigenvalue weighted by atomic mass is 16.5. The van der Waals surface area contributed by atoms with Gasteiger partial charge in [-0.3, -0.25) is 10.2 Å². The Kier molecular flexibility index (Phi) is 8.91. The van der Waals surface area contributed by atoms with E-state index in [9.17, 15) is 10.1 Å². The van der Waals surface area contributed by atoms with Gasteiger partial charge in [0.15, 0.2) is 5.82 Å². The van der Waals surface area contributed by atoms with Crippen molar-refractivity contribution in [3.05, 3.63) is 30.1 Å². The number of amides is 2. The van der Waals surface area contributed by atoms with Crippen molar-refractivity contribution in [2.75, 3.05) is 63.3 Å². The second kappa shape index (κ2) is 12.7. The lowest BCUT2D eigenvalue weighted by Crippen LogP contribution is -2.37. The molecule has 11 heteroatoms. The van der Waals surface area contributed by atoms with Gasteiger partial charge in [0.25, 0.3) is 5.88 Å². The predicted molar refractivity (Wildman–Crippen MR) is 128 cm³/mol. The first-order valence-electron chi connectivity index (χ1n) is 11.9. The summed E-state index contributed by atoms with van der Waals surface area (Å²) in [4.78, 5) is 23.3. The van der Waals surface area contributed by atoms with Crippen molar-refractivity contribution in [1.29, 1.82) is 5.26 Å². The Labute approximate surface area is 204 Å². The van der Waals surface area contributed by atoms with Crippen molar-refractivity contribution in [2.24, 2.45) is 0 Å². The lowest BCUT2D eigenvalue weighted by atomic mass is 10.2. The van der Waals surface area contributed by atoms with Gasteiger partial charge in [-0.2, -0.15) is 10.2 Å². The molecule has 2 bridgehead atoms.